The second-order valence-electron chi connectivity index (χ2n) is 7.77. The molecule has 3 rings (SSSR count). The van der Waals surface area contributed by atoms with E-state index in [1.807, 2.05) is 24.8 Å². The Hall–Kier alpha value is -1.76. The van der Waals surface area contributed by atoms with Crippen molar-refractivity contribution in [3.05, 3.63) is 55.7 Å². The Balaban J connectivity index is 1.96. The summed E-state index contributed by atoms with van der Waals surface area (Å²) >= 11 is 14.4. The molecule has 0 aliphatic carbocycles. The molecule has 1 aliphatic heterocycles. The predicted octanol–water partition coefficient (Wildman–Crippen LogP) is 5.31. The molecule has 0 radical (unpaired) electrons. The van der Waals surface area contributed by atoms with Gasteiger partial charge in [0.15, 0.2) is 0 Å². The molecule has 2 atom stereocenters. The molecule has 3 amide bonds. The van der Waals surface area contributed by atoms with Gasteiger partial charge >= 0.3 is 6.03 Å². The van der Waals surface area contributed by atoms with Crippen LogP contribution in [0.5, 0.6) is 0 Å². The number of benzene rings is 1. The van der Waals surface area contributed by atoms with E-state index in [0.717, 1.165) is 24.0 Å². The van der Waals surface area contributed by atoms with Crippen molar-refractivity contribution in [3.63, 3.8) is 0 Å². The topological polar surface area (TPSA) is 43.9 Å². The number of halogens is 2. The Morgan fingerprint density at radius 1 is 1.23 bits per heavy atom. The molecule has 2 aromatic rings. The Morgan fingerprint density at radius 3 is 2.60 bits per heavy atom. The molecule has 0 fully saturated rings. The average Bonchev–Trinajstić information content (AvgIpc) is 3.19. The summed E-state index contributed by atoms with van der Waals surface area (Å²) in [6.45, 7) is 4.60. The van der Waals surface area contributed by atoms with Gasteiger partial charge in [-0.15, -0.1) is 11.3 Å². The van der Waals surface area contributed by atoms with Crippen LogP contribution >= 0.6 is 34.5 Å². The van der Waals surface area contributed by atoms with Crippen LogP contribution in [0.4, 0.5) is 4.79 Å². The van der Waals surface area contributed by atoms with Crippen LogP contribution in [0.25, 0.3) is 0 Å². The lowest BCUT2D eigenvalue weighted by molar-refractivity contribution is -0.134. The Labute approximate surface area is 192 Å². The van der Waals surface area contributed by atoms with E-state index < -0.39 is 0 Å². The molecule has 1 aliphatic rings. The predicted molar refractivity (Wildman–Crippen MR) is 124 cm³/mol. The first-order valence-corrected chi connectivity index (χ1v) is 11.7. The van der Waals surface area contributed by atoms with Crippen LogP contribution in [0.1, 0.15) is 42.3 Å². The minimum Gasteiger partial charge on any atom is -0.331 e. The summed E-state index contributed by atoms with van der Waals surface area (Å²) in [5.74, 6) is -0.0848. The fraction of sp³-hybridized carbons (Fsp3) is 0.455. The van der Waals surface area contributed by atoms with Gasteiger partial charge in [0.1, 0.15) is 6.54 Å². The highest BCUT2D eigenvalue weighted by molar-refractivity contribution is 7.10. The minimum absolute atomic E-state index is 0.0349. The van der Waals surface area contributed by atoms with Gasteiger partial charge < -0.3 is 14.7 Å². The molecular formula is C22H27Cl2N3O2S. The molecule has 2 unspecified atom stereocenters. The monoisotopic (exact) mass is 467 g/mol. The standard InChI is InChI=1S/C22H27Cl2N3O2S/c1-5-14(2)27(22(29)25(3)4)13-20(28)26-10-8-19-17(9-11-30-19)21(26)16-7-6-15(23)12-18(16)24/h6-7,9,11-12,14,21H,5,8,10,13H2,1-4H3. The lowest BCUT2D eigenvalue weighted by Crippen LogP contribution is -2.51. The fourth-order valence-corrected chi connectivity index (χ4v) is 5.19. The number of carbonyl (C=O) groups is 2. The van der Waals surface area contributed by atoms with E-state index in [0.29, 0.717) is 16.6 Å². The van der Waals surface area contributed by atoms with Crippen LogP contribution in [0.3, 0.4) is 0 Å². The maximum Gasteiger partial charge on any atom is 0.320 e. The number of hydrogen-bond donors (Lipinski definition) is 0. The summed E-state index contributed by atoms with van der Waals surface area (Å²) < 4.78 is 0. The summed E-state index contributed by atoms with van der Waals surface area (Å²) in [4.78, 5) is 32.5. The van der Waals surface area contributed by atoms with E-state index in [4.69, 9.17) is 23.2 Å². The van der Waals surface area contributed by atoms with Crippen molar-refractivity contribution in [1.82, 2.24) is 14.7 Å². The van der Waals surface area contributed by atoms with Gasteiger partial charge in [-0.05, 0) is 54.5 Å². The van der Waals surface area contributed by atoms with Gasteiger partial charge in [0.2, 0.25) is 5.91 Å². The molecular weight excluding hydrogens is 441 g/mol. The third-order valence-corrected chi connectivity index (χ3v) is 7.16. The van der Waals surface area contributed by atoms with Gasteiger partial charge in [0.25, 0.3) is 0 Å². The number of urea groups is 1. The minimum atomic E-state index is -0.287. The summed E-state index contributed by atoms with van der Waals surface area (Å²) in [6, 6.07) is 6.97. The Bertz CT molecular complexity index is 931. The van der Waals surface area contributed by atoms with Crippen LogP contribution in [-0.2, 0) is 11.2 Å². The molecule has 162 valence electrons. The van der Waals surface area contributed by atoms with Gasteiger partial charge in [0, 0.05) is 41.6 Å². The highest BCUT2D eigenvalue weighted by atomic mass is 35.5. The summed E-state index contributed by atoms with van der Waals surface area (Å²) in [5, 5.41) is 3.14. The molecule has 1 aromatic heterocycles. The van der Waals surface area contributed by atoms with E-state index in [1.165, 1.54) is 9.78 Å². The lowest BCUT2D eigenvalue weighted by atomic mass is 9.93. The fourth-order valence-electron chi connectivity index (χ4n) is 3.77. The number of nitrogens with zero attached hydrogens (tertiary/aromatic N) is 3. The molecule has 0 spiro atoms. The lowest BCUT2D eigenvalue weighted by Gasteiger charge is -2.39. The highest BCUT2D eigenvalue weighted by Crippen LogP contribution is 2.41. The smallest absolute Gasteiger partial charge is 0.320 e. The molecule has 5 nitrogen and oxygen atoms in total. The van der Waals surface area contributed by atoms with Crippen molar-refractivity contribution in [1.29, 1.82) is 0 Å². The molecule has 2 heterocycles. The van der Waals surface area contributed by atoms with E-state index in [9.17, 15) is 9.59 Å². The SMILES string of the molecule is CCC(C)N(CC(=O)N1CCc2sccc2C1c1ccc(Cl)cc1Cl)C(=O)N(C)C. The quantitative estimate of drug-likeness (QED) is 0.597. The number of hydrogen-bond acceptors (Lipinski definition) is 3. The molecule has 0 saturated heterocycles. The molecule has 30 heavy (non-hydrogen) atoms. The van der Waals surface area contributed by atoms with Crippen molar-refractivity contribution in [2.45, 2.75) is 38.8 Å². The molecule has 0 bridgehead atoms. The summed E-state index contributed by atoms with van der Waals surface area (Å²) in [5.41, 5.74) is 1.95. The normalized spacial score (nSPS) is 16.7. The first-order valence-electron chi connectivity index (χ1n) is 10.0. The van der Waals surface area contributed by atoms with Crippen molar-refractivity contribution >= 4 is 46.5 Å². The largest absolute Gasteiger partial charge is 0.331 e. The van der Waals surface area contributed by atoms with E-state index in [-0.39, 0.29) is 30.6 Å². The first-order chi connectivity index (χ1) is 14.2. The van der Waals surface area contributed by atoms with E-state index >= 15 is 0 Å². The molecule has 0 N–H and O–H groups in total. The molecule has 0 saturated carbocycles. The number of fused-ring (bicyclic) bond motifs is 1. The van der Waals surface area contributed by atoms with Gasteiger partial charge in [-0.25, -0.2) is 4.79 Å². The maximum atomic E-state index is 13.5. The third-order valence-electron chi connectivity index (χ3n) is 5.60. The van der Waals surface area contributed by atoms with Gasteiger partial charge in [-0.2, -0.15) is 0 Å². The van der Waals surface area contributed by atoms with Crippen molar-refractivity contribution in [2.75, 3.05) is 27.2 Å². The summed E-state index contributed by atoms with van der Waals surface area (Å²) in [6.07, 6.45) is 1.57. The number of carbonyl (C=O) groups excluding carboxylic acids is 2. The van der Waals surface area contributed by atoms with Gasteiger partial charge in [-0.3, -0.25) is 4.79 Å². The third kappa shape index (κ3) is 4.61. The molecule has 1 aromatic carbocycles. The summed E-state index contributed by atoms with van der Waals surface area (Å²) in [7, 11) is 3.41. The molecule has 8 heteroatoms. The van der Waals surface area contributed by atoms with E-state index in [1.54, 1.807) is 42.5 Å². The van der Waals surface area contributed by atoms with Crippen molar-refractivity contribution in [2.24, 2.45) is 0 Å². The Kier molecular flexibility index (Phi) is 7.32. The zero-order valence-corrected chi connectivity index (χ0v) is 20.0. The van der Waals surface area contributed by atoms with E-state index in [2.05, 4.69) is 11.4 Å². The second-order valence-corrected chi connectivity index (χ2v) is 9.61. The van der Waals surface area contributed by atoms with Crippen LogP contribution in [0.2, 0.25) is 10.0 Å². The number of amides is 3. The van der Waals surface area contributed by atoms with Crippen LogP contribution < -0.4 is 0 Å². The maximum absolute atomic E-state index is 13.5. The number of rotatable bonds is 5. The van der Waals surface area contributed by atoms with Crippen LogP contribution in [-0.4, -0.2) is 59.9 Å². The first kappa shape index (κ1) is 22.9. The zero-order valence-electron chi connectivity index (χ0n) is 17.7. The van der Waals surface area contributed by atoms with Crippen molar-refractivity contribution < 1.29 is 9.59 Å². The van der Waals surface area contributed by atoms with Crippen molar-refractivity contribution in [3.8, 4) is 0 Å². The number of thiophene rings is 1. The van der Waals surface area contributed by atoms with Gasteiger partial charge in [0.05, 0.1) is 6.04 Å². The Morgan fingerprint density at radius 2 is 1.97 bits per heavy atom. The average molecular weight is 468 g/mol. The highest BCUT2D eigenvalue weighted by Gasteiger charge is 2.35. The van der Waals surface area contributed by atoms with Crippen LogP contribution in [0, 0.1) is 0 Å². The zero-order chi connectivity index (χ0) is 22.0. The second kappa shape index (κ2) is 9.58. The van der Waals surface area contributed by atoms with Crippen LogP contribution in [0.15, 0.2) is 29.6 Å². The van der Waals surface area contributed by atoms with Gasteiger partial charge in [-0.1, -0.05) is 36.2 Å².